The number of ether oxygens (including phenoxy) is 1. The van der Waals surface area contributed by atoms with Gasteiger partial charge in [0.15, 0.2) is 10.9 Å². The molecule has 0 N–H and O–H groups in total. The summed E-state index contributed by atoms with van der Waals surface area (Å²) in [4.78, 5) is 29.9. The van der Waals surface area contributed by atoms with E-state index >= 15 is 0 Å². The summed E-state index contributed by atoms with van der Waals surface area (Å²) in [5.41, 5.74) is 2.33. The molecule has 29 heavy (non-hydrogen) atoms. The fourth-order valence-corrected chi connectivity index (χ4v) is 5.01. The van der Waals surface area contributed by atoms with Gasteiger partial charge in [-0.25, -0.2) is 4.98 Å². The lowest BCUT2D eigenvalue weighted by atomic mass is 10.1. The summed E-state index contributed by atoms with van der Waals surface area (Å²) in [6, 6.07) is 13.2. The smallest absolute Gasteiger partial charge is 0.262 e. The van der Waals surface area contributed by atoms with Crippen molar-refractivity contribution in [2.24, 2.45) is 0 Å². The van der Waals surface area contributed by atoms with Gasteiger partial charge in [-0.2, -0.15) is 0 Å². The first-order chi connectivity index (χ1) is 14.1. The van der Waals surface area contributed by atoms with E-state index < -0.39 is 0 Å². The number of carbonyl (C=O) groups excluding carboxylic acids is 1. The molecule has 5 nitrogen and oxygen atoms in total. The fraction of sp³-hybridized carbons (Fsp3) is 0.348. The van der Waals surface area contributed by atoms with Crippen molar-refractivity contribution < 1.29 is 9.53 Å². The molecule has 1 fully saturated rings. The van der Waals surface area contributed by atoms with E-state index in [9.17, 15) is 9.59 Å². The SMILES string of the molecule is COc1ccc(C(C)=O)cc1CSc1nc2ccccc2c(=O)n1C1CCCC1. The predicted molar refractivity (Wildman–Crippen MR) is 116 cm³/mol. The summed E-state index contributed by atoms with van der Waals surface area (Å²) >= 11 is 1.53. The lowest BCUT2D eigenvalue weighted by molar-refractivity contribution is 0.101. The van der Waals surface area contributed by atoms with E-state index in [2.05, 4.69) is 0 Å². The van der Waals surface area contributed by atoms with Crippen molar-refractivity contribution in [3.8, 4) is 5.75 Å². The summed E-state index contributed by atoms with van der Waals surface area (Å²) in [6.07, 6.45) is 4.30. The number of carbonyl (C=O) groups is 1. The van der Waals surface area contributed by atoms with Crippen molar-refractivity contribution >= 4 is 28.4 Å². The summed E-state index contributed by atoms with van der Waals surface area (Å²) in [6.45, 7) is 1.56. The molecule has 6 heteroatoms. The number of ketones is 1. The second-order valence-electron chi connectivity index (χ2n) is 7.40. The van der Waals surface area contributed by atoms with Crippen molar-refractivity contribution in [3.63, 3.8) is 0 Å². The second-order valence-corrected chi connectivity index (χ2v) is 8.34. The number of aromatic nitrogens is 2. The molecule has 1 heterocycles. The minimum atomic E-state index is 0.0191. The number of benzene rings is 2. The highest BCUT2D eigenvalue weighted by molar-refractivity contribution is 7.98. The third-order valence-corrected chi connectivity index (χ3v) is 6.51. The number of hydrogen-bond donors (Lipinski definition) is 0. The average Bonchev–Trinajstić information content (AvgIpc) is 3.26. The van der Waals surface area contributed by atoms with E-state index in [1.54, 1.807) is 20.1 Å². The first-order valence-corrected chi connectivity index (χ1v) is 10.9. The molecule has 0 saturated heterocycles. The van der Waals surface area contributed by atoms with E-state index in [0.717, 1.165) is 47.7 Å². The van der Waals surface area contributed by atoms with Crippen LogP contribution in [0.3, 0.4) is 0 Å². The molecule has 4 rings (SSSR count). The van der Waals surface area contributed by atoms with Crippen LogP contribution in [0.15, 0.2) is 52.4 Å². The maximum atomic E-state index is 13.3. The van der Waals surface area contributed by atoms with E-state index in [1.807, 2.05) is 41.0 Å². The van der Waals surface area contributed by atoms with E-state index in [-0.39, 0.29) is 17.4 Å². The van der Waals surface area contributed by atoms with Crippen LogP contribution < -0.4 is 10.3 Å². The van der Waals surface area contributed by atoms with Crippen LogP contribution >= 0.6 is 11.8 Å². The van der Waals surface area contributed by atoms with Gasteiger partial charge in [0, 0.05) is 22.9 Å². The highest BCUT2D eigenvalue weighted by atomic mass is 32.2. The zero-order valence-electron chi connectivity index (χ0n) is 16.7. The molecule has 0 atom stereocenters. The Morgan fingerprint density at radius 3 is 2.69 bits per heavy atom. The molecule has 1 saturated carbocycles. The van der Waals surface area contributed by atoms with Gasteiger partial charge in [0.05, 0.1) is 18.0 Å². The molecule has 0 bridgehead atoms. The van der Waals surface area contributed by atoms with E-state index in [1.165, 1.54) is 11.8 Å². The zero-order chi connectivity index (χ0) is 20.4. The Morgan fingerprint density at radius 2 is 1.97 bits per heavy atom. The lowest BCUT2D eigenvalue weighted by Crippen LogP contribution is -2.26. The normalized spacial score (nSPS) is 14.4. The number of Topliss-reactive ketones (excluding diaryl/α,β-unsaturated/α-hetero) is 1. The zero-order valence-corrected chi connectivity index (χ0v) is 17.5. The van der Waals surface area contributed by atoms with Crippen LogP contribution in [-0.2, 0) is 5.75 Å². The Bertz CT molecular complexity index is 1120. The van der Waals surface area contributed by atoms with Gasteiger partial charge in [-0.15, -0.1) is 0 Å². The number of para-hydroxylation sites is 1. The van der Waals surface area contributed by atoms with Crippen LogP contribution in [0, 0.1) is 0 Å². The summed E-state index contributed by atoms with van der Waals surface area (Å²) < 4.78 is 7.37. The highest BCUT2D eigenvalue weighted by Gasteiger charge is 2.23. The summed E-state index contributed by atoms with van der Waals surface area (Å²) in [5, 5.41) is 1.40. The van der Waals surface area contributed by atoms with Gasteiger partial charge in [0.2, 0.25) is 0 Å². The topological polar surface area (TPSA) is 61.2 Å². The van der Waals surface area contributed by atoms with Crippen molar-refractivity contribution in [1.82, 2.24) is 9.55 Å². The van der Waals surface area contributed by atoms with Gasteiger partial charge < -0.3 is 4.74 Å². The molecule has 0 spiro atoms. The number of thioether (sulfide) groups is 1. The maximum absolute atomic E-state index is 13.3. The average molecular weight is 409 g/mol. The molecule has 0 amide bonds. The Morgan fingerprint density at radius 1 is 1.21 bits per heavy atom. The Hall–Kier alpha value is -2.60. The first-order valence-electron chi connectivity index (χ1n) is 9.90. The maximum Gasteiger partial charge on any atom is 0.262 e. The summed E-state index contributed by atoms with van der Waals surface area (Å²) in [7, 11) is 1.62. The largest absolute Gasteiger partial charge is 0.496 e. The molecule has 2 aromatic carbocycles. The number of fused-ring (bicyclic) bond motifs is 1. The van der Waals surface area contributed by atoms with Crippen LogP contribution in [0.25, 0.3) is 10.9 Å². The Balaban J connectivity index is 1.74. The monoisotopic (exact) mass is 408 g/mol. The number of rotatable bonds is 6. The van der Waals surface area contributed by atoms with Gasteiger partial charge in [0.1, 0.15) is 5.75 Å². The molecular formula is C23H24N2O3S. The minimum Gasteiger partial charge on any atom is -0.496 e. The molecule has 0 unspecified atom stereocenters. The lowest BCUT2D eigenvalue weighted by Gasteiger charge is -2.19. The fourth-order valence-electron chi connectivity index (χ4n) is 3.96. The van der Waals surface area contributed by atoms with Crippen LogP contribution in [-0.4, -0.2) is 22.4 Å². The van der Waals surface area contributed by atoms with Crippen LogP contribution in [0.5, 0.6) is 5.75 Å². The minimum absolute atomic E-state index is 0.0191. The number of methoxy groups -OCH3 is 1. The highest BCUT2D eigenvalue weighted by Crippen LogP contribution is 2.34. The van der Waals surface area contributed by atoms with Crippen molar-refractivity contribution in [2.75, 3.05) is 7.11 Å². The third-order valence-electron chi connectivity index (χ3n) is 5.51. The second kappa shape index (κ2) is 8.41. The molecule has 0 aliphatic heterocycles. The molecular weight excluding hydrogens is 384 g/mol. The quantitative estimate of drug-likeness (QED) is 0.326. The van der Waals surface area contributed by atoms with Crippen molar-refractivity contribution in [1.29, 1.82) is 0 Å². The summed E-state index contributed by atoms with van der Waals surface area (Å²) in [5.74, 6) is 1.32. The first kappa shape index (κ1) is 19.7. The van der Waals surface area contributed by atoms with Crippen LogP contribution in [0.4, 0.5) is 0 Å². The van der Waals surface area contributed by atoms with Crippen LogP contribution in [0.1, 0.15) is 54.6 Å². The molecule has 1 aromatic heterocycles. The van der Waals surface area contributed by atoms with Gasteiger partial charge >= 0.3 is 0 Å². The molecule has 1 aliphatic carbocycles. The van der Waals surface area contributed by atoms with Crippen molar-refractivity contribution in [2.45, 2.75) is 49.6 Å². The Kier molecular flexibility index (Phi) is 5.72. The standard InChI is InChI=1S/C23H24N2O3S/c1-15(26)16-11-12-21(28-2)17(13-16)14-29-23-24-20-10-6-5-9-19(20)22(27)25(23)18-7-3-4-8-18/h5-6,9-13,18H,3-4,7-8,14H2,1-2H3. The van der Waals surface area contributed by atoms with E-state index in [0.29, 0.717) is 16.7 Å². The van der Waals surface area contributed by atoms with Gasteiger partial charge in [-0.05, 0) is 50.1 Å². The molecule has 150 valence electrons. The van der Waals surface area contributed by atoms with E-state index in [4.69, 9.17) is 9.72 Å². The van der Waals surface area contributed by atoms with Crippen molar-refractivity contribution in [3.05, 3.63) is 63.9 Å². The number of hydrogen-bond acceptors (Lipinski definition) is 5. The molecule has 3 aromatic rings. The molecule has 1 aliphatic rings. The van der Waals surface area contributed by atoms with Gasteiger partial charge in [-0.1, -0.05) is 36.7 Å². The Labute approximate surface area is 174 Å². The van der Waals surface area contributed by atoms with Gasteiger partial charge in [0.25, 0.3) is 5.56 Å². The number of nitrogens with zero attached hydrogens (tertiary/aromatic N) is 2. The van der Waals surface area contributed by atoms with Crippen LogP contribution in [0.2, 0.25) is 0 Å². The third kappa shape index (κ3) is 3.94. The van der Waals surface area contributed by atoms with Gasteiger partial charge in [-0.3, -0.25) is 14.2 Å². The predicted octanol–water partition coefficient (Wildman–Crippen LogP) is 5.02. The molecule has 0 radical (unpaired) electrons.